The van der Waals surface area contributed by atoms with Crippen LogP contribution >= 0.6 is 11.6 Å². The smallest absolute Gasteiger partial charge is 0.138 e. The molecule has 0 aliphatic heterocycles. The second kappa shape index (κ2) is 7.71. The molecule has 0 aromatic heterocycles. The van der Waals surface area contributed by atoms with E-state index >= 15 is 0 Å². The van der Waals surface area contributed by atoms with Gasteiger partial charge in [0.2, 0.25) is 0 Å². The molecule has 0 spiro atoms. The molecule has 0 unspecified atom stereocenters. The van der Waals surface area contributed by atoms with Crippen molar-refractivity contribution in [1.82, 2.24) is 5.32 Å². The molecule has 19 heavy (non-hydrogen) atoms. The minimum atomic E-state index is -0.340. The van der Waals surface area contributed by atoms with E-state index in [1.807, 2.05) is 0 Å². The Morgan fingerprint density at radius 2 is 2.05 bits per heavy atom. The summed E-state index contributed by atoms with van der Waals surface area (Å²) in [5, 5.41) is 3.74. The average Bonchev–Trinajstić information content (AvgIpc) is 2.42. The van der Waals surface area contributed by atoms with E-state index in [1.54, 1.807) is 6.07 Å². The zero-order chi connectivity index (χ0) is 13.5. The van der Waals surface area contributed by atoms with Crippen molar-refractivity contribution >= 4 is 11.6 Å². The number of nitrogens with one attached hydrogen (secondary N) is 1. The van der Waals surface area contributed by atoms with Crippen molar-refractivity contribution < 1.29 is 9.13 Å². The van der Waals surface area contributed by atoms with E-state index in [9.17, 15) is 4.39 Å². The van der Waals surface area contributed by atoms with E-state index in [0.717, 1.165) is 19.0 Å². The summed E-state index contributed by atoms with van der Waals surface area (Å²) in [6.07, 6.45) is 6.82. The molecule has 1 saturated carbocycles. The van der Waals surface area contributed by atoms with Crippen LogP contribution in [0, 0.1) is 11.7 Å². The summed E-state index contributed by atoms with van der Waals surface area (Å²) in [4.78, 5) is 0. The van der Waals surface area contributed by atoms with Crippen molar-refractivity contribution in [1.29, 1.82) is 0 Å². The van der Waals surface area contributed by atoms with Gasteiger partial charge in [-0.25, -0.2) is 4.39 Å². The summed E-state index contributed by atoms with van der Waals surface area (Å²) in [7, 11) is 0. The van der Waals surface area contributed by atoms with Gasteiger partial charge < -0.3 is 10.1 Å². The minimum Gasteiger partial charge on any atom is -0.491 e. The zero-order valence-corrected chi connectivity index (χ0v) is 11.9. The highest BCUT2D eigenvalue weighted by Crippen LogP contribution is 2.25. The number of hydrogen-bond acceptors (Lipinski definition) is 2. The molecule has 1 aliphatic rings. The summed E-state index contributed by atoms with van der Waals surface area (Å²) in [5.74, 6) is 1.03. The summed E-state index contributed by atoms with van der Waals surface area (Å²) >= 11 is 5.88. The third-order valence-electron chi connectivity index (χ3n) is 3.59. The molecule has 1 fully saturated rings. The fourth-order valence-corrected chi connectivity index (χ4v) is 2.74. The van der Waals surface area contributed by atoms with Gasteiger partial charge in [-0.1, -0.05) is 30.9 Å². The fourth-order valence-electron chi connectivity index (χ4n) is 2.52. The molecule has 0 saturated heterocycles. The highest BCUT2D eigenvalue weighted by atomic mass is 35.5. The Balaban J connectivity index is 1.61. The Hall–Kier alpha value is -0.800. The predicted octanol–water partition coefficient (Wildman–Crippen LogP) is 4.03. The maximum atomic E-state index is 12.8. The lowest BCUT2D eigenvalue weighted by molar-refractivity contribution is 0.294. The zero-order valence-electron chi connectivity index (χ0n) is 11.1. The summed E-state index contributed by atoms with van der Waals surface area (Å²) in [5.41, 5.74) is 0. The predicted molar refractivity (Wildman–Crippen MR) is 76.3 cm³/mol. The topological polar surface area (TPSA) is 21.3 Å². The maximum Gasteiger partial charge on any atom is 0.138 e. The molecular formula is C15H21ClFNO. The summed E-state index contributed by atoms with van der Waals surface area (Å²) in [6, 6.07) is 4.20. The van der Waals surface area contributed by atoms with Crippen molar-refractivity contribution in [3.8, 4) is 5.75 Å². The maximum absolute atomic E-state index is 12.8. The first-order valence-corrected chi connectivity index (χ1v) is 7.42. The molecule has 0 bridgehead atoms. The first-order valence-electron chi connectivity index (χ1n) is 7.04. The van der Waals surface area contributed by atoms with Gasteiger partial charge in [0.15, 0.2) is 0 Å². The fraction of sp³-hybridized carbons (Fsp3) is 0.600. The lowest BCUT2D eigenvalue weighted by atomic mass is 9.89. The number of hydrogen-bond donors (Lipinski definition) is 1. The normalized spacial score (nSPS) is 16.5. The first-order chi connectivity index (χ1) is 9.25. The van der Waals surface area contributed by atoms with Gasteiger partial charge in [-0.3, -0.25) is 0 Å². The highest BCUT2D eigenvalue weighted by Gasteiger charge is 2.12. The van der Waals surface area contributed by atoms with E-state index in [4.69, 9.17) is 16.3 Å². The molecule has 1 N–H and O–H groups in total. The van der Waals surface area contributed by atoms with Crippen LogP contribution in [0.1, 0.15) is 32.1 Å². The molecule has 4 heteroatoms. The summed E-state index contributed by atoms with van der Waals surface area (Å²) < 4.78 is 18.4. The van der Waals surface area contributed by atoms with E-state index in [1.165, 1.54) is 44.2 Å². The summed E-state index contributed by atoms with van der Waals surface area (Å²) in [6.45, 7) is 2.42. The Morgan fingerprint density at radius 1 is 1.26 bits per heavy atom. The van der Waals surface area contributed by atoms with Crippen LogP contribution < -0.4 is 10.1 Å². The molecule has 0 atom stereocenters. The molecule has 1 aliphatic carbocycles. The number of benzene rings is 1. The Bertz CT molecular complexity index is 394. The Kier molecular flexibility index (Phi) is 5.93. The average molecular weight is 286 g/mol. The van der Waals surface area contributed by atoms with Crippen LogP contribution in [0.3, 0.4) is 0 Å². The van der Waals surface area contributed by atoms with Gasteiger partial charge in [-0.15, -0.1) is 0 Å². The largest absolute Gasteiger partial charge is 0.491 e. The van der Waals surface area contributed by atoms with Crippen LogP contribution in [-0.2, 0) is 0 Å². The van der Waals surface area contributed by atoms with Gasteiger partial charge in [0.25, 0.3) is 0 Å². The first kappa shape index (κ1) is 14.6. The molecule has 106 valence electrons. The SMILES string of the molecule is Fc1ccc(OCCNCC2CCCCC2)c(Cl)c1. The van der Waals surface area contributed by atoms with Crippen LogP contribution in [0.2, 0.25) is 5.02 Å². The molecule has 1 aromatic carbocycles. The van der Waals surface area contributed by atoms with Crippen molar-refractivity contribution in [3.63, 3.8) is 0 Å². The lowest BCUT2D eigenvalue weighted by Crippen LogP contribution is -2.28. The number of rotatable bonds is 6. The quantitative estimate of drug-likeness (QED) is 0.797. The lowest BCUT2D eigenvalue weighted by Gasteiger charge is -2.21. The van der Waals surface area contributed by atoms with Gasteiger partial charge in [0, 0.05) is 6.54 Å². The molecule has 1 aromatic rings. The van der Waals surface area contributed by atoms with Crippen LogP contribution in [-0.4, -0.2) is 19.7 Å². The van der Waals surface area contributed by atoms with Crippen molar-refractivity contribution in [2.75, 3.05) is 19.7 Å². The van der Waals surface area contributed by atoms with E-state index in [-0.39, 0.29) is 5.82 Å². The highest BCUT2D eigenvalue weighted by molar-refractivity contribution is 6.32. The number of halogens is 2. The van der Waals surface area contributed by atoms with Crippen LogP contribution in [0.15, 0.2) is 18.2 Å². The molecule has 0 radical (unpaired) electrons. The van der Waals surface area contributed by atoms with Gasteiger partial charge in [-0.05, 0) is 43.5 Å². The molecule has 0 amide bonds. The monoisotopic (exact) mass is 285 g/mol. The van der Waals surface area contributed by atoms with Crippen molar-refractivity contribution in [2.24, 2.45) is 5.92 Å². The third kappa shape index (κ3) is 5.00. The second-order valence-electron chi connectivity index (χ2n) is 5.13. The van der Waals surface area contributed by atoms with E-state index < -0.39 is 0 Å². The van der Waals surface area contributed by atoms with Crippen molar-refractivity contribution in [2.45, 2.75) is 32.1 Å². The van der Waals surface area contributed by atoms with Crippen LogP contribution in [0.5, 0.6) is 5.75 Å². The van der Waals surface area contributed by atoms with Gasteiger partial charge in [-0.2, -0.15) is 0 Å². The van der Waals surface area contributed by atoms with Gasteiger partial charge >= 0.3 is 0 Å². The van der Waals surface area contributed by atoms with E-state index in [2.05, 4.69) is 5.32 Å². The van der Waals surface area contributed by atoms with Gasteiger partial charge in [0.05, 0.1) is 5.02 Å². The van der Waals surface area contributed by atoms with Crippen LogP contribution in [0.25, 0.3) is 0 Å². The molecule has 2 nitrogen and oxygen atoms in total. The van der Waals surface area contributed by atoms with E-state index in [0.29, 0.717) is 17.4 Å². The molecule has 2 rings (SSSR count). The van der Waals surface area contributed by atoms with Gasteiger partial charge in [0.1, 0.15) is 18.2 Å². The third-order valence-corrected chi connectivity index (χ3v) is 3.88. The minimum absolute atomic E-state index is 0.326. The Morgan fingerprint density at radius 3 is 2.79 bits per heavy atom. The second-order valence-corrected chi connectivity index (χ2v) is 5.54. The molecular weight excluding hydrogens is 265 g/mol. The molecule has 0 heterocycles. The number of ether oxygens (including phenoxy) is 1. The Labute approximate surface area is 119 Å². The van der Waals surface area contributed by atoms with Crippen LogP contribution in [0.4, 0.5) is 4.39 Å². The van der Waals surface area contributed by atoms with Crippen molar-refractivity contribution in [3.05, 3.63) is 29.0 Å². The standard InChI is InChI=1S/C15H21ClFNO/c16-14-10-13(17)6-7-15(14)19-9-8-18-11-12-4-2-1-3-5-12/h6-7,10,12,18H,1-5,8-9,11H2.